The fourth-order valence-corrected chi connectivity index (χ4v) is 1.85. The topological polar surface area (TPSA) is 91.8 Å². The van der Waals surface area contributed by atoms with E-state index in [9.17, 15) is 4.79 Å². The van der Waals surface area contributed by atoms with E-state index < -0.39 is 5.97 Å². The third-order valence-corrected chi connectivity index (χ3v) is 2.59. The average Bonchev–Trinajstić information content (AvgIpc) is 2.64. The molecular formula is C9H8N4O2S. The first-order valence-corrected chi connectivity index (χ1v) is 5.23. The van der Waals surface area contributed by atoms with Crippen molar-refractivity contribution in [1.82, 2.24) is 20.2 Å². The lowest BCUT2D eigenvalue weighted by molar-refractivity contribution is 0.0690. The van der Waals surface area contributed by atoms with E-state index in [0.717, 1.165) is 10.7 Å². The van der Waals surface area contributed by atoms with Crippen LogP contribution in [0.1, 0.15) is 16.3 Å². The van der Waals surface area contributed by atoms with Crippen LogP contribution in [0.15, 0.2) is 28.4 Å². The number of aromatic carboxylic acids is 1. The van der Waals surface area contributed by atoms with Crippen LogP contribution in [0.3, 0.4) is 0 Å². The number of carbonyl (C=O) groups is 1. The average molecular weight is 236 g/mol. The minimum absolute atomic E-state index is 0.0113. The molecule has 0 unspecified atom stereocenters. The van der Waals surface area contributed by atoms with E-state index in [1.54, 1.807) is 13.0 Å². The second-order valence-electron chi connectivity index (χ2n) is 2.99. The van der Waals surface area contributed by atoms with Crippen molar-refractivity contribution in [3.8, 4) is 0 Å². The molecule has 82 valence electrons. The van der Waals surface area contributed by atoms with E-state index in [0.29, 0.717) is 5.16 Å². The summed E-state index contributed by atoms with van der Waals surface area (Å²) in [5.41, 5.74) is 0.0113. The minimum atomic E-state index is -1.05. The molecule has 2 aromatic heterocycles. The number of hydrogen-bond acceptors (Lipinski definition) is 5. The van der Waals surface area contributed by atoms with Crippen molar-refractivity contribution < 1.29 is 9.90 Å². The highest BCUT2D eigenvalue weighted by molar-refractivity contribution is 7.99. The summed E-state index contributed by atoms with van der Waals surface area (Å²) in [5.74, 6) is -0.330. The number of aromatic nitrogens is 4. The summed E-state index contributed by atoms with van der Waals surface area (Å²) in [6.07, 6.45) is 1.45. The number of H-pyrrole nitrogens is 1. The molecule has 16 heavy (non-hydrogen) atoms. The molecule has 2 aromatic rings. The van der Waals surface area contributed by atoms with Gasteiger partial charge in [-0.05, 0) is 30.8 Å². The molecule has 0 atom stereocenters. The van der Waals surface area contributed by atoms with Crippen molar-refractivity contribution in [3.05, 3.63) is 29.8 Å². The molecule has 0 saturated heterocycles. The molecule has 0 aliphatic heterocycles. The van der Waals surface area contributed by atoms with Gasteiger partial charge in [0.25, 0.3) is 0 Å². The van der Waals surface area contributed by atoms with Crippen molar-refractivity contribution in [2.45, 2.75) is 17.0 Å². The highest BCUT2D eigenvalue weighted by atomic mass is 32.2. The minimum Gasteiger partial charge on any atom is -0.477 e. The molecule has 0 bridgehead atoms. The molecule has 0 fully saturated rings. The Balaban J connectivity index is 2.21. The van der Waals surface area contributed by atoms with E-state index in [4.69, 9.17) is 5.11 Å². The van der Waals surface area contributed by atoms with E-state index >= 15 is 0 Å². The van der Waals surface area contributed by atoms with Crippen LogP contribution in [0.25, 0.3) is 0 Å². The van der Waals surface area contributed by atoms with E-state index in [1.165, 1.54) is 24.0 Å². The van der Waals surface area contributed by atoms with Crippen molar-refractivity contribution >= 4 is 17.7 Å². The molecule has 0 aliphatic rings. The predicted molar refractivity (Wildman–Crippen MR) is 56.4 cm³/mol. The normalized spacial score (nSPS) is 10.3. The van der Waals surface area contributed by atoms with Gasteiger partial charge in [0.05, 0.1) is 0 Å². The number of aryl methyl sites for hydroxylation is 1. The summed E-state index contributed by atoms with van der Waals surface area (Å²) in [6, 6.07) is 3.20. The van der Waals surface area contributed by atoms with Gasteiger partial charge in [0, 0.05) is 11.1 Å². The van der Waals surface area contributed by atoms with Crippen LogP contribution in [0.4, 0.5) is 0 Å². The van der Waals surface area contributed by atoms with Gasteiger partial charge in [-0.3, -0.25) is 5.10 Å². The number of pyridine rings is 1. The largest absolute Gasteiger partial charge is 0.477 e. The highest BCUT2D eigenvalue weighted by Crippen LogP contribution is 2.24. The molecule has 0 saturated carbocycles. The maximum Gasteiger partial charge on any atom is 0.354 e. The van der Waals surface area contributed by atoms with Gasteiger partial charge in [-0.1, -0.05) is 0 Å². The van der Waals surface area contributed by atoms with Gasteiger partial charge in [0.1, 0.15) is 11.5 Å². The third-order valence-electron chi connectivity index (χ3n) is 1.74. The second-order valence-corrected chi connectivity index (χ2v) is 4.03. The Morgan fingerprint density at radius 2 is 2.38 bits per heavy atom. The summed E-state index contributed by atoms with van der Waals surface area (Å²) in [6.45, 7) is 1.80. The van der Waals surface area contributed by atoms with Crippen LogP contribution in [-0.4, -0.2) is 31.2 Å². The van der Waals surface area contributed by atoms with E-state index in [2.05, 4.69) is 20.2 Å². The third kappa shape index (κ3) is 2.37. The fourth-order valence-electron chi connectivity index (χ4n) is 1.06. The zero-order valence-electron chi connectivity index (χ0n) is 8.34. The van der Waals surface area contributed by atoms with Gasteiger partial charge in [-0.15, -0.1) is 5.10 Å². The van der Waals surface area contributed by atoms with Gasteiger partial charge < -0.3 is 5.11 Å². The van der Waals surface area contributed by atoms with Gasteiger partial charge in [0.2, 0.25) is 5.16 Å². The lowest BCUT2D eigenvalue weighted by Gasteiger charge is -1.97. The van der Waals surface area contributed by atoms with Crippen LogP contribution in [0, 0.1) is 6.92 Å². The molecule has 0 amide bonds. The monoisotopic (exact) mass is 236 g/mol. The number of nitrogens with one attached hydrogen (secondary N) is 1. The summed E-state index contributed by atoms with van der Waals surface area (Å²) < 4.78 is 0. The Morgan fingerprint density at radius 1 is 1.56 bits per heavy atom. The van der Waals surface area contributed by atoms with E-state index in [1.807, 2.05) is 0 Å². The number of nitrogens with zero attached hydrogens (tertiary/aromatic N) is 3. The summed E-state index contributed by atoms with van der Waals surface area (Å²) in [5, 5.41) is 16.0. The van der Waals surface area contributed by atoms with E-state index in [-0.39, 0.29) is 5.69 Å². The second kappa shape index (κ2) is 4.31. The van der Waals surface area contributed by atoms with Crippen molar-refractivity contribution in [2.75, 3.05) is 0 Å². The zero-order chi connectivity index (χ0) is 11.5. The summed E-state index contributed by atoms with van der Waals surface area (Å²) in [7, 11) is 0. The molecular weight excluding hydrogens is 228 g/mol. The number of carboxylic acid groups (broad SMARTS) is 1. The standard InChI is InChI=1S/C9H8N4O2S/c1-5-11-9(13-12-5)16-6-2-3-10-7(4-6)8(14)15/h2-4H,1H3,(H,14,15)(H,11,12,13). The first kappa shape index (κ1) is 10.6. The van der Waals surface area contributed by atoms with Crippen LogP contribution in [0.2, 0.25) is 0 Å². The highest BCUT2D eigenvalue weighted by Gasteiger charge is 2.07. The lowest BCUT2D eigenvalue weighted by Crippen LogP contribution is -1.99. The number of aromatic amines is 1. The Bertz CT molecular complexity index is 526. The van der Waals surface area contributed by atoms with Gasteiger partial charge in [-0.2, -0.15) is 0 Å². The first-order valence-electron chi connectivity index (χ1n) is 4.41. The van der Waals surface area contributed by atoms with Gasteiger partial charge in [0.15, 0.2) is 0 Å². The zero-order valence-corrected chi connectivity index (χ0v) is 9.15. The van der Waals surface area contributed by atoms with Crippen molar-refractivity contribution in [2.24, 2.45) is 0 Å². The van der Waals surface area contributed by atoms with Crippen molar-refractivity contribution in [1.29, 1.82) is 0 Å². The van der Waals surface area contributed by atoms with Gasteiger partial charge >= 0.3 is 5.97 Å². The molecule has 2 rings (SSSR count). The van der Waals surface area contributed by atoms with Gasteiger partial charge in [-0.25, -0.2) is 14.8 Å². The van der Waals surface area contributed by atoms with Crippen LogP contribution in [-0.2, 0) is 0 Å². The Kier molecular flexibility index (Phi) is 2.86. The Morgan fingerprint density at radius 3 is 3.00 bits per heavy atom. The molecule has 6 nitrogen and oxygen atoms in total. The number of rotatable bonds is 3. The summed E-state index contributed by atoms with van der Waals surface area (Å²) in [4.78, 5) is 19.3. The maximum atomic E-state index is 10.7. The molecule has 0 aromatic carbocycles. The molecule has 0 spiro atoms. The Hall–Kier alpha value is -1.89. The van der Waals surface area contributed by atoms with Crippen LogP contribution < -0.4 is 0 Å². The molecule has 7 heteroatoms. The summed E-state index contributed by atoms with van der Waals surface area (Å²) >= 11 is 1.28. The predicted octanol–water partition coefficient (Wildman–Crippen LogP) is 1.36. The van der Waals surface area contributed by atoms with Crippen LogP contribution in [0.5, 0.6) is 0 Å². The fraction of sp³-hybridized carbons (Fsp3) is 0.111. The quantitative estimate of drug-likeness (QED) is 0.835. The Labute approximate surface area is 95.1 Å². The smallest absolute Gasteiger partial charge is 0.354 e. The molecule has 2 N–H and O–H groups in total. The lowest BCUT2D eigenvalue weighted by atomic mass is 10.4. The first-order chi connectivity index (χ1) is 7.65. The molecule has 0 radical (unpaired) electrons. The molecule has 0 aliphatic carbocycles. The number of hydrogen-bond donors (Lipinski definition) is 2. The maximum absolute atomic E-state index is 10.7. The molecule has 2 heterocycles. The SMILES string of the molecule is Cc1nc(Sc2ccnc(C(=O)O)c2)n[nH]1. The number of carboxylic acids is 1. The van der Waals surface area contributed by atoms with Crippen LogP contribution >= 0.6 is 11.8 Å². The van der Waals surface area contributed by atoms with Crippen molar-refractivity contribution in [3.63, 3.8) is 0 Å².